The Labute approximate surface area is 115 Å². The largest absolute Gasteiger partial charge is 0.491 e. The van der Waals surface area contributed by atoms with Gasteiger partial charge >= 0.3 is 0 Å². The summed E-state index contributed by atoms with van der Waals surface area (Å²) in [6.07, 6.45) is -0.517. The number of hydrogen-bond acceptors (Lipinski definition) is 4. The third-order valence-electron chi connectivity index (χ3n) is 2.84. The Morgan fingerprint density at radius 3 is 2.68 bits per heavy atom. The molecule has 0 spiro atoms. The molecule has 1 atom stereocenters. The monoisotopic (exact) mass is 267 g/mol. The Morgan fingerprint density at radius 1 is 1.26 bits per heavy atom. The molecule has 19 heavy (non-hydrogen) atoms. The van der Waals surface area contributed by atoms with Gasteiger partial charge in [-0.15, -0.1) is 0 Å². The van der Waals surface area contributed by atoms with Gasteiger partial charge in [0.25, 0.3) is 0 Å². The van der Waals surface area contributed by atoms with E-state index < -0.39 is 6.10 Å². The Hall–Kier alpha value is -1.10. The molecule has 0 amide bonds. The molecule has 0 aliphatic rings. The molecular weight excluding hydrogens is 242 g/mol. The van der Waals surface area contributed by atoms with Gasteiger partial charge in [-0.3, -0.25) is 0 Å². The highest BCUT2D eigenvalue weighted by molar-refractivity contribution is 5.35. The van der Waals surface area contributed by atoms with E-state index in [1.807, 2.05) is 18.2 Å². The van der Waals surface area contributed by atoms with Gasteiger partial charge < -0.3 is 19.9 Å². The second-order valence-corrected chi connectivity index (χ2v) is 4.85. The van der Waals surface area contributed by atoms with Crippen molar-refractivity contribution in [1.82, 2.24) is 5.32 Å². The van der Waals surface area contributed by atoms with Crippen molar-refractivity contribution in [3.8, 4) is 5.75 Å². The van der Waals surface area contributed by atoms with Gasteiger partial charge in [-0.2, -0.15) is 0 Å². The average Bonchev–Trinajstić information content (AvgIpc) is 2.41. The van der Waals surface area contributed by atoms with Crippen LogP contribution in [-0.2, 0) is 4.74 Å². The average molecular weight is 267 g/mol. The number of ether oxygens (including phenoxy) is 2. The first-order valence-electron chi connectivity index (χ1n) is 6.74. The van der Waals surface area contributed by atoms with Gasteiger partial charge in [0.15, 0.2) is 0 Å². The molecule has 2 N–H and O–H groups in total. The fourth-order valence-electron chi connectivity index (χ4n) is 1.78. The number of rotatable bonds is 9. The summed E-state index contributed by atoms with van der Waals surface area (Å²) in [4.78, 5) is 0. The smallest absolute Gasteiger partial charge is 0.122 e. The molecule has 0 bridgehead atoms. The summed E-state index contributed by atoms with van der Waals surface area (Å²) in [5, 5.41) is 12.9. The van der Waals surface area contributed by atoms with Crippen molar-refractivity contribution in [3.05, 3.63) is 29.8 Å². The lowest BCUT2D eigenvalue weighted by atomic mass is 10.0. The molecule has 4 nitrogen and oxygen atoms in total. The topological polar surface area (TPSA) is 50.7 Å². The predicted octanol–water partition coefficient (Wildman–Crippen LogP) is 1.79. The van der Waals surface area contributed by atoms with Crippen LogP contribution in [0.15, 0.2) is 24.3 Å². The second kappa shape index (κ2) is 8.91. The molecule has 0 aliphatic heterocycles. The maximum absolute atomic E-state index is 9.81. The minimum absolute atomic E-state index is 0.295. The minimum Gasteiger partial charge on any atom is -0.491 e. The molecule has 0 saturated heterocycles. The van der Waals surface area contributed by atoms with Crippen LogP contribution in [0.2, 0.25) is 0 Å². The third-order valence-corrected chi connectivity index (χ3v) is 2.84. The third kappa shape index (κ3) is 6.05. The zero-order valence-electron chi connectivity index (χ0n) is 12.1. The summed E-state index contributed by atoms with van der Waals surface area (Å²) in [6.45, 7) is 6.44. The number of para-hydroxylation sites is 1. The molecule has 0 heterocycles. The van der Waals surface area contributed by atoms with E-state index in [4.69, 9.17) is 9.47 Å². The molecule has 4 heteroatoms. The van der Waals surface area contributed by atoms with Gasteiger partial charge in [0.1, 0.15) is 18.5 Å². The maximum Gasteiger partial charge on any atom is 0.122 e. The number of hydrogen-bond donors (Lipinski definition) is 2. The molecule has 0 aliphatic carbocycles. The van der Waals surface area contributed by atoms with Crippen LogP contribution in [0.5, 0.6) is 5.75 Å². The molecule has 0 saturated carbocycles. The highest BCUT2D eigenvalue weighted by atomic mass is 16.5. The highest BCUT2D eigenvalue weighted by Crippen LogP contribution is 2.25. The van der Waals surface area contributed by atoms with Crippen LogP contribution in [0, 0.1) is 0 Å². The molecule has 1 aromatic rings. The Bertz CT molecular complexity index is 355. The number of nitrogens with one attached hydrogen (secondary N) is 1. The SMILES string of the molecule is COCCNC[C@H](O)COc1ccccc1C(C)C. The standard InChI is InChI=1S/C15H25NO3/c1-12(2)14-6-4-5-7-15(14)19-11-13(17)10-16-8-9-18-3/h4-7,12-13,16-17H,8-11H2,1-3H3/t13-/m0/s1. The maximum atomic E-state index is 9.81. The number of aliphatic hydroxyl groups is 1. The minimum atomic E-state index is -0.517. The van der Waals surface area contributed by atoms with E-state index in [9.17, 15) is 5.11 Å². The van der Waals surface area contributed by atoms with Crippen LogP contribution < -0.4 is 10.1 Å². The van der Waals surface area contributed by atoms with Crippen LogP contribution in [-0.4, -0.2) is 44.6 Å². The van der Waals surface area contributed by atoms with Crippen LogP contribution in [0.3, 0.4) is 0 Å². The summed E-state index contributed by atoms with van der Waals surface area (Å²) in [7, 11) is 1.66. The summed E-state index contributed by atoms with van der Waals surface area (Å²) in [6, 6.07) is 7.96. The van der Waals surface area contributed by atoms with Crippen molar-refractivity contribution >= 4 is 0 Å². The van der Waals surface area contributed by atoms with Gasteiger partial charge in [0, 0.05) is 20.2 Å². The summed E-state index contributed by atoms with van der Waals surface area (Å²) in [5.74, 6) is 1.27. The van der Waals surface area contributed by atoms with E-state index in [-0.39, 0.29) is 0 Å². The van der Waals surface area contributed by atoms with E-state index in [1.165, 1.54) is 5.56 Å². The van der Waals surface area contributed by atoms with Crippen molar-refractivity contribution in [3.63, 3.8) is 0 Å². The second-order valence-electron chi connectivity index (χ2n) is 4.85. The lowest BCUT2D eigenvalue weighted by Crippen LogP contribution is -2.33. The first-order chi connectivity index (χ1) is 9.15. The lowest BCUT2D eigenvalue weighted by molar-refractivity contribution is 0.103. The molecule has 108 valence electrons. The van der Waals surface area contributed by atoms with Crippen LogP contribution in [0.4, 0.5) is 0 Å². The van der Waals surface area contributed by atoms with Gasteiger partial charge in [0.05, 0.1) is 6.61 Å². The Kier molecular flexibility index (Phi) is 7.48. The Morgan fingerprint density at radius 2 is 2.00 bits per heavy atom. The van der Waals surface area contributed by atoms with Crippen LogP contribution >= 0.6 is 0 Å². The molecule has 0 unspecified atom stereocenters. The zero-order valence-corrected chi connectivity index (χ0v) is 12.1. The summed E-state index contributed by atoms with van der Waals surface area (Å²) >= 11 is 0. The van der Waals surface area contributed by atoms with E-state index in [1.54, 1.807) is 7.11 Å². The molecule has 0 radical (unpaired) electrons. The molecule has 0 fully saturated rings. The van der Waals surface area contributed by atoms with Crippen molar-refractivity contribution in [2.45, 2.75) is 25.9 Å². The molecular formula is C15H25NO3. The first kappa shape index (κ1) is 16.0. The predicted molar refractivity (Wildman–Crippen MR) is 76.8 cm³/mol. The van der Waals surface area contributed by atoms with Crippen molar-refractivity contribution in [2.24, 2.45) is 0 Å². The van der Waals surface area contributed by atoms with Crippen LogP contribution in [0.25, 0.3) is 0 Å². The first-order valence-corrected chi connectivity index (χ1v) is 6.74. The number of methoxy groups -OCH3 is 1. The van der Waals surface area contributed by atoms with Crippen molar-refractivity contribution in [1.29, 1.82) is 0 Å². The fourth-order valence-corrected chi connectivity index (χ4v) is 1.78. The number of aliphatic hydroxyl groups excluding tert-OH is 1. The van der Waals surface area contributed by atoms with E-state index in [0.717, 1.165) is 12.3 Å². The quantitative estimate of drug-likeness (QED) is 0.670. The van der Waals surface area contributed by atoms with Crippen molar-refractivity contribution in [2.75, 3.05) is 33.4 Å². The molecule has 0 aromatic heterocycles. The van der Waals surface area contributed by atoms with Gasteiger partial charge in [0.2, 0.25) is 0 Å². The van der Waals surface area contributed by atoms with Gasteiger partial charge in [-0.05, 0) is 17.5 Å². The van der Waals surface area contributed by atoms with Crippen molar-refractivity contribution < 1.29 is 14.6 Å². The van der Waals surface area contributed by atoms with E-state index in [0.29, 0.717) is 25.7 Å². The zero-order chi connectivity index (χ0) is 14.1. The highest BCUT2D eigenvalue weighted by Gasteiger charge is 2.09. The Balaban J connectivity index is 2.35. The van der Waals surface area contributed by atoms with Crippen LogP contribution in [0.1, 0.15) is 25.3 Å². The summed E-state index contributed by atoms with van der Waals surface area (Å²) < 4.78 is 10.6. The van der Waals surface area contributed by atoms with E-state index >= 15 is 0 Å². The van der Waals surface area contributed by atoms with E-state index in [2.05, 4.69) is 25.2 Å². The van der Waals surface area contributed by atoms with Gasteiger partial charge in [-0.1, -0.05) is 32.0 Å². The normalized spacial score (nSPS) is 12.7. The number of benzene rings is 1. The van der Waals surface area contributed by atoms with Gasteiger partial charge in [-0.25, -0.2) is 0 Å². The fraction of sp³-hybridized carbons (Fsp3) is 0.600. The molecule has 1 rings (SSSR count). The summed E-state index contributed by atoms with van der Waals surface area (Å²) in [5.41, 5.74) is 1.17. The molecule has 1 aromatic carbocycles. The lowest BCUT2D eigenvalue weighted by Gasteiger charge is -2.16.